The third kappa shape index (κ3) is 9.03. The molecule has 0 aromatic heterocycles. The van der Waals surface area contributed by atoms with E-state index in [4.69, 9.17) is 14.2 Å². The van der Waals surface area contributed by atoms with Crippen molar-refractivity contribution in [2.75, 3.05) is 72.9 Å². The van der Waals surface area contributed by atoms with E-state index in [1.165, 1.54) is 12.8 Å². The van der Waals surface area contributed by atoms with E-state index in [9.17, 15) is 14.4 Å². The molecule has 2 saturated heterocycles. The molecule has 32 heavy (non-hydrogen) atoms. The van der Waals surface area contributed by atoms with Crippen LogP contribution in [0.1, 0.15) is 51.9 Å². The Hall–Kier alpha value is -1.71. The summed E-state index contributed by atoms with van der Waals surface area (Å²) in [6, 6.07) is 0. The lowest BCUT2D eigenvalue weighted by Gasteiger charge is -2.33. The molecule has 0 aromatic rings. The molecule has 0 aliphatic carbocycles. The zero-order valence-electron chi connectivity index (χ0n) is 19.9. The quantitative estimate of drug-likeness (QED) is 0.448. The number of likely N-dealkylation sites (tertiary alicyclic amines) is 2. The van der Waals surface area contributed by atoms with Crippen molar-refractivity contribution in [2.24, 2.45) is 5.41 Å². The zero-order valence-corrected chi connectivity index (χ0v) is 19.9. The number of nitrogens with zero attached hydrogens (tertiary/aromatic N) is 2. The Kier molecular flexibility index (Phi) is 12.0. The molecule has 2 fully saturated rings. The van der Waals surface area contributed by atoms with Crippen LogP contribution in [-0.2, 0) is 28.6 Å². The van der Waals surface area contributed by atoms with Crippen LogP contribution >= 0.6 is 0 Å². The zero-order chi connectivity index (χ0) is 23.2. The van der Waals surface area contributed by atoms with E-state index in [0.717, 1.165) is 51.9 Å². The summed E-state index contributed by atoms with van der Waals surface area (Å²) in [7, 11) is 1.56. The van der Waals surface area contributed by atoms with Gasteiger partial charge in [0.1, 0.15) is 19.8 Å². The average Bonchev–Trinajstić information content (AvgIpc) is 2.84. The molecule has 0 spiro atoms. The van der Waals surface area contributed by atoms with E-state index in [1.807, 2.05) is 16.7 Å². The van der Waals surface area contributed by atoms with Crippen molar-refractivity contribution in [3.8, 4) is 0 Å². The first-order valence-corrected chi connectivity index (χ1v) is 12.0. The number of rotatable bonds is 13. The van der Waals surface area contributed by atoms with Crippen molar-refractivity contribution in [3.05, 3.63) is 0 Å². The molecule has 2 aliphatic heterocycles. The minimum absolute atomic E-state index is 0.00202. The van der Waals surface area contributed by atoms with E-state index >= 15 is 0 Å². The molecule has 9 heteroatoms. The first-order chi connectivity index (χ1) is 15.5. The monoisotopic (exact) mass is 455 g/mol. The van der Waals surface area contributed by atoms with Crippen molar-refractivity contribution in [2.45, 2.75) is 51.9 Å². The van der Waals surface area contributed by atoms with Crippen molar-refractivity contribution < 1.29 is 28.6 Å². The highest BCUT2D eigenvalue weighted by Gasteiger charge is 2.31. The summed E-state index contributed by atoms with van der Waals surface area (Å²) in [5.41, 5.74) is -0.543. The van der Waals surface area contributed by atoms with Gasteiger partial charge < -0.3 is 29.3 Å². The fraction of sp³-hybridized carbons (Fsp3) is 0.870. The second-order valence-corrected chi connectivity index (χ2v) is 8.89. The number of hydrogen-bond donors (Lipinski definition) is 1. The Balaban J connectivity index is 1.85. The number of carbonyl (C=O) groups excluding carboxylic acids is 3. The van der Waals surface area contributed by atoms with Crippen LogP contribution < -0.4 is 5.32 Å². The van der Waals surface area contributed by atoms with E-state index in [2.05, 4.69) is 5.32 Å². The first kappa shape index (κ1) is 26.5. The van der Waals surface area contributed by atoms with Gasteiger partial charge in [0.25, 0.3) is 0 Å². The van der Waals surface area contributed by atoms with Gasteiger partial charge >= 0.3 is 0 Å². The normalized spacial score (nSPS) is 17.3. The van der Waals surface area contributed by atoms with Crippen LogP contribution in [0.5, 0.6) is 0 Å². The van der Waals surface area contributed by atoms with Crippen molar-refractivity contribution in [3.63, 3.8) is 0 Å². The summed E-state index contributed by atoms with van der Waals surface area (Å²) < 4.78 is 17.3. The SMILES string of the molecule is CCC(COCC(=O)NC)(COCC(=O)N1CCCCC1)COCC(=O)N1CCCCC1. The Bertz CT molecular complexity index is 552. The summed E-state index contributed by atoms with van der Waals surface area (Å²) in [6.45, 7) is 5.89. The Morgan fingerprint density at radius 3 is 1.50 bits per heavy atom. The second kappa shape index (κ2) is 14.4. The summed E-state index contributed by atoms with van der Waals surface area (Å²) >= 11 is 0. The van der Waals surface area contributed by atoms with E-state index in [-0.39, 0.29) is 57.4 Å². The largest absolute Gasteiger partial charge is 0.371 e. The van der Waals surface area contributed by atoms with Crippen LogP contribution in [0.4, 0.5) is 0 Å². The van der Waals surface area contributed by atoms with Gasteiger partial charge in [0.2, 0.25) is 17.7 Å². The summed E-state index contributed by atoms with van der Waals surface area (Å²) in [5.74, 6) is -0.207. The standard InChI is InChI=1S/C23H41N3O6/c1-3-23(17-30-14-20(27)24-2,18-31-15-21(28)25-10-6-4-7-11-25)19-32-16-22(29)26-12-8-5-9-13-26/h3-19H2,1-2H3,(H,24,27). The van der Waals surface area contributed by atoms with Gasteiger partial charge in [-0.3, -0.25) is 14.4 Å². The smallest absolute Gasteiger partial charge is 0.248 e. The van der Waals surface area contributed by atoms with Gasteiger partial charge in [0, 0.05) is 38.6 Å². The molecule has 0 saturated carbocycles. The first-order valence-electron chi connectivity index (χ1n) is 12.0. The number of piperidine rings is 2. The molecule has 0 unspecified atom stereocenters. The molecular weight excluding hydrogens is 414 g/mol. The summed E-state index contributed by atoms with van der Waals surface area (Å²) in [4.78, 5) is 40.1. The lowest BCUT2D eigenvalue weighted by atomic mass is 9.88. The molecule has 2 rings (SSSR count). The maximum Gasteiger partial charge on any atom is 0.248 e. The lowest BCUT2D eigenvalue weighted by Crippen LogP contribution is -2.42. The number of amides is 3. The van der Waals surface area contributed by atoms with Gasteiger partial charge in [0.05, 0.1) is 19.8 Å². The highest BCUT2D eigenvalue weighted by molar-refractivity contribution is 5.78. The fourth-order valence-electron chi connectivity index (χ4n) is 4.04. The molecule has 0 aromatic carbocycles. The lowest BCUT2D eigenvalue weighted by molar-refractivity contribution is -0.144. The molecule has 0 atom stereocenters. The molecule has 2 aliphatic rings. The van der Waals surface area contributed by atoms with Crippen molar-refractivity contribution >= 4 is 17.7 Å². The Morgan fingerprint density at radius 2 is 1.12 bits per heavy atom. The minimum atomic E-state index is -0.543. The molecule has 0 bridgehead atoms. The summed E-state index contributed by atoms with van der Waals surface area (Å²) in [5, 5.41) is 2.53. The van der Waals surface area contributed by atoms with Gasteiger partial charge in [-0.15, -0.1) is 0 Å². The van der Waals surface area contributed by atoms with E-state index in [0.29, 0.717) is 6.42 Å². The van der Waals surface area contributed by atoms with Crippen LogP contribution in [0.15, 0.2) is 0 Å². The van der Waals surface area contributed by atoms with Crippen LogP contribution in [0.3, 0.4) is 0 Å². The second-order valence-electron chi connectivity index (χ2n) is 8.89. The van der Waals surface area contributed by atoms with E-state index in [1.54, 1.807) is 7.05 Å². The van der Waals surface area contributed by atoms with Crippen LogP contribution in [-0.4, -0.2) is 100 Å². The number of nitrogens with one attached hydrogen (secondary N) is 1. The third-order valence-corrected chi connectivity index (χ3v) is 6.36. The van der Waals surface area contributed by atoms with Gasteiger partial charge in [-0.05, 0) is 44.9 Å². The number of hydrogen-bond acceptors (Lipinski definition) is 6. The topological polar surface area (TPSA) is 97.4 Å². The number of likely N-dealkylation sites (N-methyl/N-ethyl adjacent to an activating group) is 1. The predicted molar refractivity (Wildman–Crippen MR) is 120 cm³/mol. The van der Waals surface area contributed by atoms with Crippen LogP contribution in [0.2, 0.25) is 0 Å². The van der Waals surface area contributed by atoms with Gasteiger partial charge in [-0.25, -0.2) is 0 Å². The number of carbonyl (C=O) groups is 3. The highest BCUT2D eigenvalue weighted by Crippen LogP contribution is 2.24. The molecule has 3 amide bonds. The van der Waals surface area contributed by atoms with Crippen molar-refractivity contribution in [1.82, 2.24) is 15.1 Å². The maximum atomic E-state index is 12.4. The van der Waals surface area contributed by atoms with Gasteiger partial charge in [-0.1, -0.05) is 6.92 Å². The third-order valence-electron chi connectivity index (χ3n) is 6.36. The number of ether oxygens (including phenoxy) is 3. The highest BCUT2D eigenvalue weighted by atomic mass is 16.5. The molecule has 9 nitrogen and oxygen atoms in total. The molecular formula is C23H41N3O6. The summed E-state index contributed by atoms with van der Waals surface area (Å²) in [6.07, 6.45) is 7.15. The van der Waals surface area contributed by atoms with Gasteiger partial charge in [0.15, 0.2) is 0 Å². The van der Waals surface area contributed by atoms with Crippen LogP contribution in [0.25, 0.3) is 0 Å². The minimum Gasteiger partial charge on any atom is -0.371 e. The maximum absolute atomic E-state index is 12.4. The molecule has 2 heterocycles. The van der Waals surface area contributed by atoms with Crippen LogP contribution in [0, 0.1) is 5.41 Å². The molecule has 184 valence electrons. The fourth-order valence-corrected chi connectivity index (χ4v) is 4.04. The van der Waals surface area contributed by atoms with Gasteiger partial charge in [-0.2, -0.15) is 0 Å². The Labute approximate surface area is 192 Å². The molecule has 1 N–H and O–H groups in total. The Morgan fingerprint density at radius 1 is 0.719 bits per heavy atom. The average molecular weight is 456 g/mol. The van der Waals surface area contributed by atoms with Crippen molar-refractivity contribution in [1.29, 1.82) is 0 Å². The predicted octanol–water partition coefficient (Wildman–Crippen LogP) is 1.20. The molecule has 0 radical (unpaired) electrons. The van der Waals surface area contributed by atoms with E-state index < -0.39 is 5.41 Å².